The van der Waals surface area contributed by atoms with E-state index in [2.05, 4.69) is 27.9 Å². The van der Waals surface area contributed by atoms with Crippen LogP contribution in [-0.2, 0) is 0 Å². The summed E-state index contributed by atoms with van der Waals surface area (Å²) in [5.74, 6) is -2.46. The van der Waals surface area contributed by atoms with Crippen LogP contribution >= 0.6 is 22.6 Å². The normalized spacial score (nSPS) is 10.1. The van der Waals surface area contributed by atoms with Crippen molar-refractivity contribution in [2.75, 3.05) is 5.32 Å². The quantitative estimate of drug-likeness (QED) is 0.797. The first-order valence-corrected chi connectivity index (χ1v) is 6.65. The number of benzene rings is 2. The van der Waals surface area contributed by atoms with Crippen LogP contribution in [0.15, 0.2) is 42.5 Å². The number of carboxylic acid groups (broad SMARTS) is 1. The van der Waals surface area contributed by atoms with Gasteiger partial charge in [0.25, 0.3) is 5.91 Å². The van der Waals surface area contributed by atoms with E-state index >= 15 is 0 Å². The van der Waals surface area contributed by atoms with Crippen LogP contribution in [0.1, 0.15) is 20.7 Å². The van der Waals surface area contributed by atoms with E-state index in [9.17, 15) is 14.0 Å². The van der Waals surface area contributed by atoms with E-state index in [4.69, 9.17) is 5.11 Å². The van der Waals surface area contributed by atoms with Gasteiger partial charge in [-0.25, -0.2) is 9.18 Å². The van der Waals surface area contributed by atoms with Crippen LogP contribution in [0.5, 0.6) is 0 Å². The van der Waals surface area contributed by atoms with Gasteiger partial charge in [0.2, 0.25) is 0 Å². The molecule has 0 aliphatic carbocycles. The maximum atomic E-state index is 13.7. The van der Waals surface area contributed by atoms with E-state index in [1.54, 1.807) is 18.2 Å². The lowest BCUT2D eigenvalue weighted by Gasteiger charge is -2.07. The highest BCUT2D eigenvalue weighted by Crippen LogP contribution is 2.17. The predicted molar refractivity (Wildman–Crippen MR) is 80.5 cm³/mol. The average molecular weight is 385 g/mol. The molecule has 1 amide bonds. The number of rotatable bonds is 3. The van der Waals surface area contributed by atoms with Gasteiger partial charge >= 0.3 is 5.97 Å². The molecule has 6 heteroatoms. The second kappa shape index (κ2) is 6.00. The number of carbonyl (C=O) groups is 2. The summed E-state index contributed by atoms with van der Waals surface area (Å²) in [5, 5.41) is 11.1. The maximum Gasteiger partial charge on any atom is 0.335 e. The summed E-state index contributed by atoms with van der Waals surface area (Å²) in [4.78, 5) is 22.6. The fourth-order valence-corrected chi connectivity index (χ4v) is 2.12. The first-order valence-electron chi connectivity index (χ1n) is 5.57. The van der Waals surface area contributed by atoms with Gasteiger partial charge in [0, 0.05) is 9.13 Å². The van der Waals surface area contributed by atoms with E-state index in [0.717, 1.165) is 9.64 Å². The summed E-state index contributed by atoms with van der Waals surface area (Å²) >= 11 is 2.07. The fraction of sp³-hybridized carbons (Fsp3) is 0. The first-order chi connectivity index (χ1) is 9.47. The summed E-state index contributed by atoms with van der Waals surface area (Å²) in [5.41, 5.74) is 0.173. The molecule has 0 aliphatic heterocycles. The molecule has 102 valence electrons. The Bertz CT molecular complexity index is 688. The monoisotopic (exact) mass is 385 g/mol. The van der Waals surface area contributed by atoms with Gasteiger partial charge in [-0.1, -0.05) is 6.07 Å². The Morgan fingerprint density at radius 2 is 1.85 bits per heavy atom. The number of carboxylic acids is 1. The summed E-state index contributed by atoms with van der Waals surface area (Å²) in [6, 6.07) is 10.2. The van der Waals surface area contributed by atoms with E-state index in [1.807, 2.05) is 6.07 Å². The summed E-state index contributed by atoms with van der Waals surface area (Å²) in [6.07, 6.45) is 0. The molecule has 2 rings (SSSR count). The number of carbonyl (C=O) groups excluding carboxylic acids is 1. The molecule has 2 aromatic rings. The minimum atomic E-state index is -1.22. The molecule has 0 aromatic heterocycles. The minimum absolute atomic E-state index is 0.0566. The van der Waals surface area contributed by atoms with Crippen molar-refractivity contribution in [2.24, 2.45) is 0 Å². The number of amides is 1. The second-order valence-electron chi connectivity index (χ2n) is 3.96. The van der Waals surface area contributed by atoms with Crippen molar-refractivity contribution >= 4 is 40.2 Å². The molecule has 2 N–H and O–H groups in total. The topological polar surface area (TPSA) is 66.4 Å². The standard InChI is InChI=1S/C14H9FINO3/c15-11-7-9(14(19)20)4-5-12(11)17-13(18)8-2-1-3-10(16)6-8/h1-7H,(H,17,18)(H,19,20). The number of hydrogen-bond acceptors (Lipinski definition) is 2. The molecule has 0 unspecified atom stereocenters. The van der Waals surface area contributed by atoms with Gasteiger partial charge in [0.15, 0.2) is 0 Å². The SMILES string of the molecule is O=C(O)c1ccc(NC(=O)c2cccc(I)c2)c(F)c1. The molecule has 0 aliphatic rings. The lowest BCUT2D eigenvalue weighted by molar-refractivity contribution is 0.0696. The van der Waals surface area contributed by atoms with Gasteiger partial charge in [-0.15, -0.1) is 0 Å². The van der Waals surface area contributed by atoms with Crippen LogP contribution in [0.4, 0.5) is 10.1 Å². The van der Waals surface area contributed by atoms with Crippen LogP contribution in [-0.4, -0.2) is 17.0 Å². The van der Waals surface area contributed by atoms with Crippen LogP contribution < -0.4 is 5.32 Å². The largest absolute Gasteiger partial charge is 0.478 e. The number of nitrogens with one attached hydrogen (secondary N) is 1. The average Bonchev–Trinajstić information content (AvgIpc) is 2.40. The lowest BCUT2D eigenvalue weighted by atomic mass is 10.1. The van der Waals surface area contributed by atoms with Crippen molar-refractivity contribution in [3.63, 3.8) is 0 Å². The maximum absolute atomic E-state index is 13.7. The Morgan fingerprint density at radius 3 is 2.45 bits per heavy atom. The van der Waals surface area contributed by atoms with Gasteiger partial charge in [-0.2, -0.15) is 0 Å². The number of anilines is 1. The number of halogens is 2. The van der Waals surface area contributed by atoms with Gasteiger partial charge in [-0.3, -0.25) is 4.79 Å². The van der Waals surface area contributed by atoms with Gasteiger partial charge in [-0.05, 0) is 59.0 Å². The molecule has 0 radical (unpaired) electrons. The molecular formula is C14H9FINO3. The van der Waals surface area contributed by atoms with Gasteiger partial charge in [0.05, 0.1) is 11.3 Å². The molecule has 0 fully saturated rings. The van der Waals surface area contributed by atoms with Crippen molar-refractivity contribution in [3.05, 3.63) is 63.0 Å². The molecular weight excluding hydrogens is 376 g/mol. The predicted octanol–water partition coefficient (Wildman–Crippen LogP) is 3.38. The van der Waals surface area contributed by atoms with Crippen molar-refractivity contribution in [1.82, 2.24) is 0 Å². The van der Waals surface area contributed by atoms with E-state index in [1.165, 1.54) is 12.1 Å². The van der Waals surface area contributed by atoms with Crippen molar-refractivity contribution in [1.29, 1.82) is 0 Å². The second-order valence-corrected chi connectivity index (χ2v) is 5.21. The zero-order valence-corrected chi connectivity index (χ0v) is 12.2. The highest BCUT2D eigenvalue weighted by molar-refractivity contribution is 14.1. The molecule has 0 bridgehead atoms. The number of hydrogen-bond donors (Lipinski definition) is 2. The van der Waals surface area contributed by atoms with Crippen LogP contribution in [0, 0.1) is 9.39 Å². The van der Waals surface area contributed by atoms with E-state index in [-0.39, 0.29) is 11.3 Å². The van der Waals surface area contributed by atoms with Crippen molar-refractivity contribution < 1.29 is 19.1 Å². The van der Waals surface area contributed by atoms with Crippen molar-refractivity contribution in [3.8, 4) is 0 Å². The Hall–Kier alpha value is -1.96. The lowest BCUT2D eigenvalue weighted by Crippen LogP contribution is -2.13. The molecule has 20 heavy (non-hydrogen) atoms. The third-order valence-corrected chi connectivity index (χ3v) is 3.22. The Balaban J connectivity index is 2.22. The smallest absolute Gasteiger partial charge is 0.335 e. The summed E-state index contributed by atoms with van der Waals surface area (Å²) in [7, 11) is 0. The third-order valence-electron chi connectivity index (χ3n) is 2.55. The molecule has 0 saturated carbocycles. The van der Waals surface area contributed by atoms with Crippen LogP contribution in [0.2, 0.25) is 0 Å². The summed E-state index contributed by atoms with van der Waals surface area (Å²) < 4.78 is 14.6. The first kappa shape index (κ1) is 14.4. The number of aromatic carboxylic acids is 1. The van der Waals surface area contributed by atoms with E-state index in [0.29, 0.717) is 5.56 Å². The highest BCUT2D eigenvalue weighted by atomic mass is 127. The van der Waals surface area contributed by atoms with Crippen LogP contribution in [0.3, 0.4) is 0 Å². The van der Waals surface area contributed by atoms with Gasteiger partial charge in [0.1, 0.15) is 5.82 Å². The molecule has 0 saturated heterocycles. The molecule has 0 heterocycles. The molecule has 2 aromatic carbocycles. The van der Waals surface area contributed by atoms with Crippen LogP contribution in [0.25, 0.3) is 0 Å². The zero-order chi connectivity index (χ0) is 14.7. The minimum Gasteiger partial charge on any atom is -0.478 e. The third kappa shape index (κ3) is 3.32. The zero-order valence-electron chi connectivity index (χ0n) is 10.1. The Labute approximate surface area is 127 Å². The fourth-order valence-electron chi connectivity index (χ4n) is 1.57. The Kier molecular flexibility index (Phi) is 4.33. The summed E-state index contributed by atoms with van der Waals surface area (Å²) in [6.45, 7) is 0. The van der Waals surface area contributed by atoms with Crippen molar-refractivity contribution in [2.45, 2.75) is 0 Å². The van der Waals surface area contributed by atoms with E-state index < -0.39 is 17.7 Å². The Morgan fingerprint density at radius 1 is 1.10 bits per heavy atom. The molecule has 4 nitrogen and oxygen atoms in total. The molecule has 0 atom stereocenters. The highest BCUT2D eigenvalue weighted by Gasteiger charge is 2.12. The molecule has 0 spiro atoms. The van der Waals surface area contributed by atoms with Gasteiger partial charge < -0.3 is 10.4 Å².